The fourth-order valence-corrected chi connectivity index (χ4v) is 3.36. The molecule has 0 saturated carbocycles. The number of carbonyl (C=O) groups is 1. The van der Waals surface area contributed by atoms with E-state index in [0.717, 1.165) is 22.3 Å². The van der Waals surface area contributed by atoms with Crippen LogP contribution in [-0.4, -0.2) is 35.0 Å². The second-order valence-corrected chi connectivity index (χ2v) is 5.70. The van der Waals surface area contributed by atoms with Crippen LogP contribution in [0.5, 0.6) is 5.75 Å². The highest BCUT2D eigenvalue weighted by atomic mass is 32.2. The standard InChI is InChI=1S/C14H14N2O3S/c1-19-9-3-5-10-8(6-9)2-4-11(15-10)13-16-12(7-20-13)14(17)18/h2-6,12-13,16H,7H2,1H3,(H,17,18)/t12-,13-/m1/s1. The van der Waals surface area contributed by atoms with Gasteiger partial charge >= 0.3 is 5.97 Å². The number of carboxylic acid groups (broad SMARTS) is 1. The van der Waals surface area contributed by atoms with Crippen LogP contribution in [0.2, 0.25) is 0 Å². The van der Waals surface area contributed by atoms with Gasteiger partial charge in [0.25, 0.3) is 0 Å². The molecule has 2 aromatic rings. The van der Waals surface area contributed by atoms with Gasteiger partial charge in [-0.05, 0) is 24.3 Å². The molecular formula is C14H14N2O3S. The molecule has 1 aromatic carbocycles. The van der Waals surface area contributed by atoms with Gasteiger partial charge in [-0.25, -0.2) is 0 Å². The summed E-state index contributed by atoms with van der Waals surface area (Å²) in [6.07, 6.45) is 0. The summed E-state index contributed by atoms with van der Waals surface area (Å²) in [7, 11) is 1.63. The van der Waals surface area contributed by atoms with Crippen molar-refractivity contribution >= 4 is 28.6 Å². The molecule has 2 heterocycles. The molecule has 1 aliphatic heterocycles. The topological polar surface area (TPSA) is 71.5 Å². The lowest BCUT2D eigenvalue weighted by molar-refractivity contribution is -0.138. The van der Waals surface area contributed by atoms with Gasteiger partial charge in [0.15, 0.2) is 0 Å². The summed E-state index contributed by atoms with van der Waals surface area (Å²) in [5.74, 6) is 0.541. The fourth-order valence-electron chi connectivity index (χ4n) is 2.18. The van der Waals surface area contributed by atoms with Crippen LogP contribution in [0.4, 0.5) is 0 Å². The zero-order valence-corrected chi connectivity index (χ0v) is 11.7. The van der Waals surface area contributed by atoms with Gasteiger partial charge in [0, 0.05) is 11.1 Å². The van der Waals surface area contributed by atoms with Crippen LogP contribution < -0.4 is 10.1 Å². The molecule has 0 spiro atoms. The van der Waals surface area contributed by atoms with Crippen LogP contribution in [0.25, 0.3) is 10.9 Å². The number of aliphatic carboxylic acids is 1. The molecule has 0 aliphatic carbocycles. The molecule has 2 atom stereocenters. The van der Waals surface area contributed by atoms with Crippen LogP contribution in [0.3, 0.4) is 0 Å². The number of methoxy groups -OCH3 is 1. The minimum Gasteiger partial charge on any atom is -0.497 e. The van der Waals surface area contributed by atoms with Crippen molar-refractivity contribution in [3.63, 3.8) is 0 Å². The lowest BCUT2D eigenvalue weighted by Gasteiger charge is -2.11. The Labute approximate surface area is 120 Å². The van der Waals surface area contributed by atoms with Crippen LogP contribution in [0, 0.1) is 0 Å². The Morgan fingerprint density at radius 3 is 3.00 bits per heavy atom. The zero-order chi connectivity index (χ0) is 14.1. The van der Waals surface area contributed by atoms with Crippen LogP contribution >= 0.6 is 11.8 Å². The number of benzene rings is 1. The second-order valence-electron chi connectivity index (χ2n) is 4.57. The van der Waals surface area contributed by atoms with E-state index < -0.39 is 12.0 Å². The largest absolute Gasteiger partial charge is 0.497 e. The van der Waals surface area contributed by atoms with Crippen molar-refractivity contribution in [1.82, 2.24) is 10.3 Å². The minimum atomic E-state index is -0.814. The SMILES string of the molecule is COc1ccc2nc([C@@H]3N[C@@H](C(=O)O)CS3)ccc2c1. The van der Waals surface area contributed by atoms with E-state index in [2.05, 4.69) is 10.3 Å². The van der Waals surface area contributed by atoms with E-state index in [-0.39, 0.29) is 5.37 Å². The molecule has 0 unspecified atom stereocenters. The summed E-state index contributed by atoms with van der Waals surface area (Å²) in [6.45, 7) is 0. The highest BCUT2D eigenvalue weighted by Gasteiger charge is 2.31. The summed E-state index contributed by atoms with van der Waals surface area (Å²) < 4.78 is 5.18. The average Bonchev–Trinajstić information content (AvgIpc) is 2.96. The quantitative estimate of drug-likeness (QED) is 0.901. The van der Waals surface area contributed by atoms with Crippen LogP contribution in [0.1, 0.15) is 11.1 Å². The summed E-state index contributed by atoms with van der Waals surface area (Å²) in [5.41, 5.74) is 1.74. The Bertz CT molecular complexity index is 662. The second kappa shape index (κ2) is 5.30. The number of hydrogen-bond donors (Lipinski definition) is 2. The van der Waals surface area contributed by atoms with Crippen molar-refractivity contribution in [2.45, 2.75) is 11.4 Å². The first kappa shape index (κ1) is 13.2. The molecular weight excluding hydrogens is 276 g/mol. The third-order valence-corrected chi connectivity index (χ3v) is 4.50. The Kier molecular flexibility index (Phi) is 3.50. The molecule has 1 aliphatic rings. The number of pyridine rings is 1. The number of thioether (sulfide) groups is 1. The molecule has 6 heteroatoms. The van der Waals surface area contributed by atoms with Crippen molar-refractivity contribution in [2.75, 3.05) is 12.9 Å². The van der Waals surface area contributed by atoms with Gasteiger partial charge in [0.2, 0.25) is 0 Å². The van der Waals surface area contributed by atoms with Crippen LogP contribution in [-0.2, 0) is 4.79 Å². The highest BCUT2D eigenvalue weighted by Crippen LogP contribution is 2.32. The van der Waals surface area contributed by atoms with Gasteiger partial charge in [-0.3, -0.25) is 15.1 Å². The highest BCUT2D eigenvalue weighted by molar-refractivity contribution is 7.99. The van der Waals surface area contributed by atoms with Gasteiger partial charge < -0.3 is 9.84 Å². The first-order valence-corrected chi connectivity index (χ1v) is 7.27. The number of rotatable bonds is 3. The third kappa shape index (κ3) is 2.44. The van der Waals surface area contributed by atoms with E-state index in [1.54, 1.807) is 18.9 Å². The molecule has 3 rings (SSSR count). The smallest absolute Gasteiger partial charge is 0.321 e. The Balaban J connectivity index is 1.88. The number of hydrogen-bond acceptors (Lipinski definition) is 5. The number of nitrogens with one attached hydrogen (secondary N) is 1. The fraction of sp³-hybridized carbons (Fsp3) is 0.286. The van der Waals surface area contributed by atoms with E-state index in [1.165, 1.54) is 0 Å². The van der Waals surface area contributed by atoms with E-state index >= 15 is 0 Å². The maximum absolute atomic E-state index is 11.0. The predicted octanol–water partition coefficient (Wildman–Crippen LogP) is 2.03. The molecule has 0 amide bonds. The van der Waals surface area contributed by atoms with Crippen LogP contribution in [0.15, 0.2) is 30.3 Å². The van der Waals surface area contributed by atoms with Gasteiger partial charge in [0.05, 0.1) is 23.7 Å². The zero-order valence-electron chi connectivity index (χ0n) is 10.9. The Morgan fingerprint density at radius 1 is 1.45 bits per heavy atom. The molecule has 5 nitrogen and oxygen atoms in total. The first-order chi connectivity index (χ1) is 9.67. The van der Waals surface area contributed by atoms with Crippen molar-refractivity contribution in [3.05, 3.63) is 36.0 Å². The Morgan fingerprint density at radius 2 is 2.30 bits per heavy atom. The third-order valence-electron chi connectivity index (χ3n) is 3.27. The first-order valence-electron chi connectivity index (χ1n) is 6.22. The van der Waals surface area contributed by atoms with Gasteiger partial charge in [-0.15, -0.1) is 11.8 Å². The molecule has 1 aromatic heterocycles. The van der Waals surface area contributed by atoms with Crippen molar-refractivity contribution in [3.8, 4) is 5.75 Å². The van der Waals surface area contributed by atoms with E-state index in [0.29, 0.717) is 5.75 Å². The lowest BCUT2D eigenvalue weighted by atomic mass is 10.2. The van der Waals surface area contributed by atoms with Gasteiger partial charge in [0.1, 0.15) is 11.8 Å². The van der Waals surface area contributed by atoms with E-state index in [4.69, 9.17) is 9.84 Å². The summed E-state index contributed by atoms with van der Waals surface area (Å²) in [6, 6.07) is 9.12. The number of aromatic nitrogens is 1. The summed E-state index contributed by atoms with van der Waals surface area (Å²) in [5, 5.41) is 13.0. The van der Waals surface area contributed by atoms with Crippen molar-refractivity contribution in [1.29, 1.82) is 0 Å². The molecule has 0 radical (unpaired) electrons. The maximum atomic E-state index is 11.0. The molecule has 20 heavy (non-hydrogen) atoms. The number of carboxylic acids is 1. The molecule has 1 saturated heterocycles. The predicted molar refractivity (Wildman–Crippen MR) is 78.1 cm³/mol. The Hall–Kier alpha value is -1.79. The number of fused-ring (bicyclic) bond motifs is 1. The molecule has 0 bridgehead atoms. The van der Waals surface area contributed by atoms with Crippen molar-refractivity contribution in [2.24, 2.45) is 0 Å². The van der Waals surface area contributed by atoms with E-state index in [1.807, 2.05) is 30.3 Å². The van der Waals surface area contributed by atoms with Gasteiger partial charge in [-0.2, -0.15) is 0 Å². The average molecular weight is 290 g/mol. The van der Waals surface area contributed by atoms with Gasteiger partial charge in [-0.1, -0.05) is 6.07 Å². The number of nitrogens with zero attached hydrogens (tertiary/aromatic N) is 1. The molecule has 2 N–H and O–H groups in total. The monoisotopic (exact) mass is 290 g/mol. The minimum absolute atomic E-state index is 0.0670. The summed E-state index contributed by atoms with van der Waals surface area (Å²) in [4.78, 5) is 15.5. The molecule has 104 valence electrons. The maximum Gasteiger partial charge on any atom is 0.321 e. The number of ether oxygens (including phenoxy) is 1. The summed E-state index contributed by atoms with van der Waals surface area (Å²) >= 11 is 1.57. The van der Waals surface area contributed by atoms with E-state index in [9.17, 15) is 4.79 Å². The normalized spacial score (nSPS) is 22.1. The van der Waals surface area contributed by atoms with Crippen molar-refractivity contribution < 1.29 is 14.6 Å². The molecule has 1 fully saturated rings. The lowest BCUT2D eigenvalue weighted by Crippen LogP contribution is -2.33.